The van der Waals surface area contributed by atoms with E-state index in [1.165, 1.54) is 72.8 Å². The van der Waals surface area contributed by atoms with Gasteiger partial charge in [0.25, 0.3) is 0 Å². The fourth-order valence-electron chi connectivity index (χ4n) is 2.85. The molecule has 0 aliphatic carbocycles. The van der Waals surface area contributed by atoms with Crippen molar-refractivity contribution in [2.24, 2.45) is 5.73 Å². The van der Waals surface area contributed by atoms with E-state index in [1.54, 1.807) is 0 Å². The third kappa shape index (κ3) is 5.91. The van der Waals surface area contributed by atoms with E-state index in [0.29, 0.717) is 16.3 Å². The summed E-state index contributed by atoms with van der Waals surface area (Å²) < 4.78 is 40.6. The summed E-state index contributed by atoms with van der Waals surface area (Å²) in [5.74, 6) is -1.67. The van der Waals surface area contributed by atoms with Gasteiger partial charge in [-0.15, -0.1) is 0 Å². The molecule has 0 saturated carbocycles. The third-order valence-corrected chi connectivity index (χ3v) is 6.55. The Labute approximate surface area is 189 Å². The number of nitrogens with one attached hydrogen (secondary N) is 1. The summed E-state index contributed by atoms with van der Waals surface area (Å²) in [6.07, 6.45) is 0. The molecule has 3 aromatic carbocycles. The first kappa shape index (κ1) is 23.4. The number of benzene rings is 3. The number of anilines is 1. The van der Waals surface area contributed by atoms with E-state index in [0.717, 1.165) is 4.31 Å². The first-order valence-electron chi connectivity index (χ1n) is 9.35. The fourth-order valence-corrected chi connectivity index (χ4v) is 4.36. The number of nitrogens with two attached hydrogens (primary N) is 1. The maximum Gasteiger partial charge on any atom is 0.248 e. The van der Waals surface area contributed by atoms with Gasteiger partial charge in [0.2, 0.25) is 21.8 Å². The van der Waals surface area contributed by atoms with Gasteiger partial charge < -0.3 is 11.1 Å². The van der Waals surface area contributed by atoms with Gasteiger partial charge in [-0.2, -0.15) is 4.31 Å². The summed E-state index contributed by atoms with van der Waals surface area (Å²) >= 11 is 5.85. The molecule has 3 rings (SSSR count). The number of rotatable bonds is 8. The second-order valence-corrected chi connectivity index (χ2v) is 9.22. The Bertz CT molecular complexity index is 1220. The maximum atomic E-state index is 13.3. The van der Waals surface area contributed by atoms with Crippen LogP contribution in [0.25, 0.3) is 0 Å². The fraction of sp³-hybridized carbons (Fsp3) is 0.0909. The van der Waals surface area contributed by atoms with Crippen LogP contribution in [0.5, 0.6) is 0 Å². The van der Waals surface area contributed by atoms with Gasteiger partial charge >= 0.3 is 0 Å². The van der Waals surface area contributed by atoms with Gasteiger partial charge in [-0.05, 0) is 66.2 Å². The number of amides is 2. The first-order chi connectivity index (χ1) is 15.1. The molecular weight excluding hydrogens is 457 g/mol. The third-order valence-electron chi connectivity index (χ3n) is 4.50. The highest BCUT2D eigenvalue weighted by Gasteiger charge is 2.27. The molecule has 0 saturated heterocycles. The van der Waals surface area contributed by atoms with Crippen LogP contribution in [0.2, 0.25) is 5.02 Å². The van der Waals surface area contributed by atoms with Crippen molar-refractivity contribution in [2.45, 2.75) is 11.4 Å². The highest BCUT2D eigenvalue weighted by molar-refractivity contribution is 7.89. The van der Waals surface area contributed by atoms with E-state index < -0.39 is 34.2 Å². The lowest BCUT2D eigenvalue weighted by molar-refractivity contribution is -0.116. The molecule has 7 nitrogen and oxygen atoms in total. The zero-order valence-corrected chi connectivity index (χ0v) is 18.2. The van der Waals surface area contributed by atoms with Crippen LogP contribution in [-0.4, -0.2) is 31.1 Å². The predicted octanol–water partition coefficient (Wildman–Crippen LogP) is 3.41. The van der Waals surface area contributed by atoms with Crippen molar-refractivity contribution >= 4 is 39.1 Å². The molecule has 0 spiro atoms. The number of carbonyl (C=O) groups is 2. The zero-order valence-electron chi connectivity index (χ0n) is 16.7. The summed E-state index contributed by atoms with van der Waals surface area (Å²) in [4.78, 5) is 23.8. The Balaban J connectivity index is 1.84. The second-order valence-electron chi connectivity index (χ2n) is 6.84. The smallest absolute Gasteiger partial charge is 0.248 e. The molecule has 0 radical (unpaired) electrons. The van der Waals surface area contributed by atoms with E-state index in [4.69, 9.17) is 17.3 Å². The molecule has 32 heavy (non-hydrogen) atoms. The van der Waals surface area contributed by atoms with Crippen LogP contribution in [0, 0.1) is 5.82 Å². The summed E-state index contributed by atoms with van der Waals surface area (Å²) in [5.41, 5.74) is 6.33. The van der Waals surface area contributed by atoms with Crippen molar-refractivity contribution in [2.75, 3.05) is 11.9 Å². The lowest BCUT2D eigenvalue weighted by Crippen LogP contribution is -2.37. The molecule has 0 unspecified atom stereocenters. The molecule has 3 aromatic rings. The highest BCUT2D eigenvalue weighted by atomic mass is 35.5. The zero-order chi connectivity index (χ0) is 23.3. The van der Waals surface area contributed by atoms with Crippen molar-refractivity contribution in [3.63, 3.8) is 0 Å². The number of halogens is 2. The first-order valence-corrected chi connectivity index (χ1v) is 11.2. The van der Waals surface area contributed by atoms with Gasteiger partial charge in [0.15, 0.2) is 0 Å². The standard InChI is InChI=1S/C22H19ClFN3O4S/c23-17-5-11-20(12-6-17)32(30,31)27(13-15-1-7-18(24)8-2-15)14-21(28)26-19-9-3-16(4-10-19)22(25)29/h1-12H,13-14H2,(H2,25,29)(H,26,28). The number of primary amides is 1. The molecule has 0 heterocycles. The van der Waals surface area contributed by atoms with Crippen LogP contribution in [0.1, 0.15) is 15.9 Å². The van der Waals surface area contributed by atoms with Gasteiger partial charge in [0, 0.05) is 22.8 Å². The molecule has 3 N–H and O–H groups in total. The molecule has 0 bridgehead atoms. The normalized spacial score (nSPS) is 11.3. The molecular formula is C22H19ClFN3O4S. The summed E-state index contributed by atoms with van der Waals surface area (Å²) in [6.45, 7) is -0.654. The van der Waals surface area contributed by atoms with E-state index in [1.807, 2.05) is 0 Å². The van der Waals surface area contributed by atoms with E-state index in [-0.39, 0.29) is 17.0 Å². The van der Waals surface area contributed by atoms with Crippen LogP contribution in [0.4, 0.5) is 10.1 Å². The van der Waals surface area contributed by atoms with Crippen LogP contribution in [0.15, 0.2) is 77.7 Å². The minimum Gasteiger partial charge on any atom is -0.366 e. The molecule has 0 atom stereocenters. The largest absolute Gasteiger partial charge is 0.366 e. The van der Waals surface area contributed by atoms with E-state index in [9.17, 15) is 22.4 Å². The van der Waals surface area contributed by atoms with Gasteiger partial charge in [0.1, 0.15) is 5.82 Å². The van der Waals surface area contributed by atoms with Crippen molar-refractivity contribution in [1.29, 1.82) is 0 Å². The Hall–Kier alpha value is -3.27. The van der Waals surface area contributed by atoms with Crippen LogP contribution in [0.3, 0.4) is 0 Å². The van der Waals surface area contributed by atoms with Crippen molar-refractivity contribution in [3.8, 4) is 0 Å². The van der Waals surface area contributed by atoms with Crippen LogP contribution < -0.4 is 11.1 Å². The molecule has 0 aliphatic heterocycles. The average Bonchev–Trinajstić information content (AvgIpc) is 2.75. The minimum absolute atomic E-state index is 0.0392. The van der Waals surface area contributed by atoms with Crippen molar-refractivity contribution in [3.05, 3.63) is 94.8 Å². The van der Waals surface area contributed by atoms with Gasteiger partial charge in [0.05, 0.1) is 11.4 Å². The Morgan fingerprint density at radius 2 is 1.53 bits per heavy atom. The summed E-state index contributed by atoms with van der Waals surface area (Å²) in [6, 6.07) is 16.7. The molecule has 166 valence electrons. The van der Waals surface area contributed by atoms with Gasteiger partial charge in [-0.25, -0.2) is 12.8 Å². The Morgan fingerprint density at radius 1 is 0.938 bits per heavy atom. The van der Waals surface area contributed by atoms with Crippen LogP contribution in [-0.2, 0) is 21.4 Å². The SMILES string of the molecule is NC(=O)c1ccc(NC(=O)CN(Cc2ccc(F)cc2)S(=O)(=O)c2ccc(Cl)cc2)cc1. The van der Waals surface area contributed by atoms with Crippen molar-refractivity contribution < 1.29 is 22.4 Å². The minimum atomic E-state index is -4.07. The van der Waals surface area contributed by atoms with E-state index >= 15 is 0 Å². The number of hydrogen-bond acceptors (Lipinski definition) is 4. The molecule has 0 aromatic heterocycles. The molecule has 0 fully saturated rings. The number of carbonyl (C=O) groups excluding carboxylic acids is 2. The Morgan fingerprint density at radius 3 is 2.09 bits per heavy atom. The van der Waals surface area contributed by atoms with E-state index in [2.05, 4.69) is 5.32 Å². The summed E-state index contributed by atoms with van der Waals surface area (Å²) in [5, 5.41) is 2.95. The van der Waals surface area contributed by atoms with Crippen LogP contribution >= 0.6 is 11.6 Å². The molecule has 0 aliphatic rings. The van der Waals surface area contributed by atoms with Gasteiger partial charge in [-0.3, -0.25) is 9.59 Å². The number of sulfonamides is 1. The monoisotopic (exact) mass is 475 g/mol. The molecule has 2 amide bonds. The number of nitrogens with zero attached hydrogens (tertiary/aromatic N) is 1. The topological polar surface area (TPSA) is 110 Å². The highest BCUT2D eigenvalue weighted by Crippen LogP contribution is 2.21. The quantitative estimate of drug-likeness (QED) is 0.520. The lowest BCUT2D eigenvalue weighted by Gasteiger charge is -2.22. The molecule has 10 heteroatoms. The number of hydrogen-bond donors (Lipinski definition) is 2. The van der Waals surface area contributed by atoms with Crippen molar-refractivity contribution in [1.82, 2.24) is 4.31 Å². The average molecular weight is 476 g/mol. The predicted molar refractivity (Wildman–Crippen MR) is 119 cm³/mol. The summed E-state index contributed by atoms with van der Waals surface area (Å²) in [7, 11) is -4.07. The lowest BCUT2D eigenvalue weighted by atomic mass is 10.2. The second kappa shape index (κ2) is 9.90. The Kier molecular flexibility index (Phi) is 7.24. The van der Waals surface area contributed by atoms with Gasteiger partial charge in [-0.1, -0.05) is 23.7 Å². The maximum absolute atomic E-state index is 13.3.